The summed E-state index contributed by atoms with van der Waals surface area (Å²) < 4.78 is 33.4. The van der Waals surface area contributed by atoms with E-state index in [9.17, 15) is 13.2 Å². The molecule has 1 N–H and O–H groups in total. The zero-order chi connectivity index (χ0) is 21.4. The summed E-state index contributed by atoms with van der Waals surface area (Å²) in [5.41, 5.74) is 1.69. The standard InChI is InChI=1S/C23H24N2O4S/c1-29-16-15-24-23(26)20-11-8-14-22(17-20)30(27,28)25(21-12-6-3-7-13-21)18-19-9-4-2-5-10-19/h2-14,17H,15-16,18H2,1H3,(H,24,26). The number of para-hydroxylation sites is 1. The molecule has 0 aromatic heterocycles. The Labute approximate surface area is 177 Å². The highest BCUT2D eigenvalue weighted by atomic mass is 32.2. The molecule has 0 bridgehead atoms. The van der Waals surface area contributed by atoms with E-state index in [1.54, 1.807) is 43.5 Å². The SMILES string of the molecule is COCCNC(=O)c1cccc(S(=O)(=O)N(Cc2ccccc2)c2ccccc2)c1. The lowest BCUT2D eigenvalue weighted by Gasteiger charge is -2.25. The van der Waals surface area contributed by atoms with Gasteiger partial charge < -0.3 is 10.1 Å². The summed E-state index contributed by atoms with van der Waals surface area (Å²) in [6.07, 6.45) is 0. The van der Waals surface area contributed by atoms with Crippen LogP contribution in [0.15, 0.2) is 89.8 Å². The molecule has 6 nitrogen and oxygen atoms in total. The second-order valence-electron chi connectivity index (χ2n) is 6.61. The first kappa shape index (κ1) is 21.5. The highest BCUT2D eigenvalue weighted by molar-refractivity contribution is 7.92. The maximum Gasteiger partial charge on any atom is 0.264 e. The smallest absolute Gasteiger partial charge is 0.264 e. The maximum atomic E-state index is 13.5. The van der Waals surface area contributed by atoms with Crippen LogP contribution in [0.2, 0.25) is 0 Å². The van der Waals surface area contributed by atoms with Crippen molar-refractivity contribution in [1.29, 1.82) is 0 Å². The quantitative estimate of drug-likeness (QED) is 0.534. The zero-order valence-electron chi connectivity index (χ0n) is 16.7. The van der Waals surface area contributed by atoms with E-state index in [2.05, 4.69) is 5.32 Å². The minimum absolute atomic E-state index is 0.0571. The Kier molecular flexibility index (Phi) is 7.21. The number of rotatable bonds is 9. The molecular formula is C23H24N2O4S. The number of nitrogens with zero attached hydrogens (tertiary/aromatic N) is 1. The van der Waals surface area contributed by atoms with E-state index in [1.807, 2.05) is 36.4 Å². The Hall–Kier alpha value is -3.16. The van der Waals surface area contributed by atoms with Gasteiger partial charge in [0.1, 0.15) is 0 Å². The predicted octanol–water partition coefficient (Wildman–Crippen LogP) is 3.46. The molecule has 0 spiro atoms. The van der Waals surface area contributed by atoms with Crippen LogP contribution in [0, 0.1) is 0 Å². The van der Waals surface area contributed by atoms with Crippen molar-refractivity contribution in [1.82, 2.24) is 5.32 Å². The van der Waals surface area contributed by atoms with E-state index >= 15 is 0 Å². The number of anilines is 1. The Morgan fingerprint density at radius 2 is 1.60 bits per heavy atom. The van der Waals surface area contributed by atoms with E-state index in [-0.39, 0.29) is 22.9 Å². The second kappa shape index (κ2) is 10.0. The average molecular weight is 425 g/mol. The molecule has 0 atom stereocenters. The number of nitrogens with one attached hydrogen (secondary N) is 1. The fourth-order valence-electron chi connectivity index (χ4n) is 2.95. The van der Waals surface area contributed by atoms with E-state index < -0.39 is 10.0 Å². The van der Waals surface area contributed by atoms with Gasteiger partial charge in [-0.2, -0.15) is 0 Å². The minimum Gasteiger partial charge on any atom is -0.383 e. The third-order valence-corrected chi connectivity index (χ3v) is 6.26. The van der Waals surface area contributed by atoms with Crippen molar-refractivity contribution in [3.63, 3.8) is 0 Å². The molecular weight excluding hydrogens is 400 g/mol. The van der Waals surface area contributed by atoms with Crippen molar-refractivity contribution < 1.29 is 17.9 Å². The van der Waals surface area contributed by atoms with Crippen molar-refractivity contribution in [3.8, 4) is 0 Å². The highest BCUT2D eigenvalue weighted by Crippen LogP contribution is 2.26. The van der Waals surface area contributed by atoms with Gasteiger partial charge in [0.25, 0.3) is 15.9 Å². The normalized spacial score (nSPS) is 11.1. The minimum atomic E-state index is -3.90. The third kappa shape index (κ3) is 5.25. The molecule has 0 aliphatic heterocycles. The number of carbonyl (C=O) groups is 1. The van der Waals surface area contributed by atoms with Gasteiger partial charge in [0.05, 0.1) is 23.7 Å². The van der Waals surface area contributed by atoms with Gasteiger partial charge in [0.2, 0.25) is 0 Å². The van der Waals surface area contributed by atoms with Crippen LogP contribution >= 0.6 is 0 Å². The Morgan fingerprint density at radius 1 is 0.933 bits per heavy atom. The zero-order valence-corrected chi connectivity index (χ0v) is 17.5. The summed E-state index contributed by atoms with van der Waals surface area (Å²) in [6, 6.07) is 24.4. The molecule has 3 aromatic carbocycles. The topological polar surface area (TPSA) is 75.7 Å². The van der Waals surface area contributed by atoms with Crippen LogP contribution in [0.1, 0.15) is 15.9 Å². The van der Waals surface area contributed by atoms with Crippen LogP contribution < -0.4 is 9.62 Å². The summed E-state index contributed by atoms with van der Waals surface area (Å²) in [5, 5.41) is 2.71. The van der Waals surface area contributed by atoms with Crippen LogP contribution in [0.4, 0.5) is 5.69 Å². The first-order valence-electron chi connectivity index (χ1n) is 9.51. The summed E-state index contributed by atoms with van der Waals surface area (Å²) in [4.78, 5) is 12.4. The van der Waals surface area contributed by atoms with E-state index in [0.29, 0.717) is 18.8 Å². The van der Waals surface area contributed by atoms with Crippen LogP contribution in [-0.4, -0.2) is 34.6 Å². The molecule has 156 valence electrons. The maximum absolute atomic E-state index is 13.5. The van der Waals surface area contributed by atoms with Crippen LogP contribution in [0.25, 0.3) is 0 Å². The molecule has 3 rings (SSSR count). The number of sulfonamides is 1. The number of amides is 1. The molecule has 0 aliphatic carbocycles. The highest BCUT2D eigenvalue weighted by Gasteiger charge is 2.26. The summed E-state index contributed by atoms with van der Waals surface area (Å²) >= 11 is 0. The fourth-order valence-corrected chi connectivity index (χ4v) is 4.45. The van der Waals surface area contributed by atoms with Gasteiger partial charge >= 0.3 is 0 Å². The van der Waals surface area contributed by atoms with Gasteiger partial charge in [-0.05, 0) is 35.9 Å². The number of hydrogen-bond donors (Lipinski definition) is 1. The lowest BCUT2D eigenvalue weighted by atomic mass is 10.2. The Balaban J connectivity index is 1.95. The second-order valence-corrected chi connectivity index (χ2v) is 8.47. The molecule has 0 aliphatic rings. The van der Waals surface area contributed by atoms with Crippen LogP contribution in [0.5, 0.6) is 0 Å². The Morgan fingerprint density at radius 3 is 2.27 bits per heavy atom. The predicted molar refractivity (Wildman–Crippen MR) is 117 cm³/mol. The van der Waals surface area contributed by atoms with Gasteiger partial charge in [0, 0.05) is 19.2 Å². The van der Waals surface area contributed by atoms with E-state index in [4.69, 9.17) is 4.74 Å². The van der Waals surface area contributed by atoms with E-state index in [0.717, 1.165) is 5.56 Å². The lowest BCUT2D eigenvalue weighted by Crippen LogP contribution is -2.31. The molecule has 0 saturated heterocycles. The summed E-state index contributed by atoms with van der Waals surface area (Å²) in [7, 11) is -2.36. The van der Waals surface area contributed by atoms with Crippen LogP contribution in [0.3, 0.4) is 0 Å². The summed E-state index contributed by atoms with van der Waals surface area (Å²) in [5.74, 6) is -0.349. The van der Waals surface area contributed by atoms with Gasteiger partial charge in [0.15, 0.2) is 0 Å². The lowest BCUT2D eigenvalue weighted by molar-refractivity contribution is 0.0937. The number of carbonyl (C=O) groups excluding carboxylic acids is 1. The van der Waals surface area contributed by atoms with Crippen molar-refractivity contribution in [3.05, 3.63) is 96.1 Å². The molecule has 0 saturated carbocycles. The Bertz CT molecular complexity index is 1070. The number of methoxy groups -OCH3 is 1. The number of hydrogen-bond acceptors (Lipinski definition) is 4. The van der Waals surface area contributed by atoms with Crippen molar-refractivity contribution in [2.75, 3.05) is 24.6 Å². The molecule has 0 fully saturated rings. The van der Waals surface area contributed by atoms with Gasteiger partial charge in [-0.25, -0.2) is 8.42 Å². The third-order valence-electron chi connectivity index (χ3n) is 4.49. The molecule has 1 amide bonds. The van der Waals surface area contributed by atoms with Crippen molar-refractivity contribution >= 4 is 21.6 Å². The molecule has 0 radical (unpaired) electrons. The van der Waals surface area contributed by atoms with Gasteiger partial charge in [-0.15, -0.1) is 0 Å². The van der Waals surface area contributed by atoms with Crippen LogP contribution in [-0.2, 0) is 21.3 Å². The van der Waals surface area contributed by atoms with Gasteiger partial charge in [-0.1, -0.05) is 54.6 Å². The largest absolute Gasteiger partial charge is 0.383 e. The molecule has 0 heterocycles. The van der Waals surface area contributed by atoms with Gasteiger partial charge in [-0.3, -0.25) is 9.10 Å². The average Bonchev–Trinajstić information content (AvgIpc) is 2.79. The fraction of sp³-hybridized carbons (Fsp3) is 0.174. The van der Waals surface area contributed by atoms with Crippen molar-refractivity contribution in [2.45, 2.75) is 11.4 Å². The molecule has 30 heavy (non-hydrogen) atoms. The first-order valence-corrected chi connectivity index (χ1v) is 11.0. The van der Waals surface area contributed by atoms with E-state index in [1.165, 1.54) is 16.4 Å². The molecule has 3 aromatic rings. The molecule has 0 unspecified atom stereocenters. The number of ether oxygens (including phenoxy) is 1. The monoisotopic (exact) mass is 424 g/mol. The summed E-state index contributed by atoms with van der Waals surface area (Å²) in [6.45, 7) is 0.899. The molecule has 7 heteroatoms. The number of benzene rings is 3. The first-order chi connectivity index (χ1) is 14.5. The van der Waals surface area contributed by atoms with Crippen molar-refractivity contribution in [2.24, 2.45) is 0 Å².